The summed E-state index contributed by atoms with van der Waals surface area (Å²) in [5.41, 5.74) is 2.31. The second-order valence-electron chi connectivity index (χ2n) is 6.68. The van der Waals surface area contributed by atoms with Crippen molar-refractivity contribution >= 4 is 15.9 Å². The van der Waals surface area contributed by atoms with Gasteiger partial charge in [0.1, 0.15) is 11.8 Å². The van der Waals surface area contributed by atoms with Crippen molar-refractivity contribution in [1.82, 2.24) is 9.79 Å². The number of carbonyl (C=O) groups is 1. The molecule has 2 N–H and O–H groups in total. The van der Waals surface area contributed by atoms with Crippen LogP contribution in [0, 0.1) is 0 Å². The van der Waals surface area contributed by atoms with Crippen molar-refractivity contribution in [3.63, 3.8) is 0 Å². The highest BCUT2D eigenvalue weighted by molar-refractivity contribution is 7.89. The molecule has 2 aromatic carbocycles. The molecule has 1 amide bonds. The Bertz CT molecular complexity index is 912. The maximum atomic E-state index is 13.5. The van der Waals surface area contributed by atoms with Crippen molar-refractivity contribution in [2.24, 2.45) is 0 Å². The first-order chi connectivity index (χ1) is 14.0. The second-order valence-corrected chi connectivity index (χ2v) is 8.57. The summed E-state index contributed by atoms with van der Waals surface area (Å²) in [5, 5.41) is 9.29. The predicted octanol–water partition coefficient (Wildman–Crippen LogP) is 1.94. The van der Waals surface area contributed by atoms with E-state index in [0.717, 1.165) is 4.31 Å². The molecule has 0 saturated carbocycles. The first-order valence-electron chi connectivity index (χ1n) is 9.22. The molecular formula is C20H24N2O6S. The summed E-state index contributed by atoms with van der Waals surface area (Å²) in [6, 6.07) is 13.7. The molecule has 2 aromatic rings. The minimum absolute atomic E-state index is 0.0166. The second kappa shape index (κ2) is 9.36. The summed E-state index contributed by atoms with van der Waals surface area (Å²) in [5.74, 6) is -0.313. The number of rotatable bonds is 8. The Morgan fingerprint density at radius 2 is 1.93 bits per heavy atom. The molecule has 1 fully saturated rings. The van der Waals surface area contributed by atoms with E-state index in [-0.39, 0.29) is 11.4 Å². The molecule has 0 bridgehead atoms. The van der Waals surface area contributed by atoms with E-state index in [0.29, 0.717) is 30.8 Å². The molecule has 1 heterocycles. The summed E-state index contributed by atoms with van der Waals surface area (Å²) in [6.45, 7) is 0.384. The molecule has 2 unspecified atom stereocenters. The van der Waals surface area contributed by atoms with Gasteiger partial charge in [-0.05, 0) is 42.7 Å². The van der Waals surface area contributed by atoms with Crippen LogP contribution < -0.4 is 10.2 Å². The molecule has 29 heavy (non-hydrogen) atoms. The molecule has 0 aromatic heterocycles. The Labute approximate surface area is 170 Å². The number of ether oxygens (including phenoxy) is 2. The van der Waals surface area contributed by atoms with Crippen LogP contribution in [0.4, 0.5) is 0 Å². The van der Waals surface area contributed by atoms with E-state index in [1.807, 2.05) is 6.07 Å². The van der Waals surface area contributed by atoms with Gasteiger partial charge in [-0.3, -0.25) is 10.0 Å². The van der Waals surface area contributed by atoms with Crippen LogP contribution in [0.15, 0.2) is 59.5 Å². The maximum absolute atomic E-state index is 13.5. The van der Waals surface area contributed by atoms with Gasteiger partial charge in [-0.1, -0.05) is 30.3 Å². The molecule has 8 nitrogen and oxygen atoms in total. The van der Waals surface area contributed by atoms with Gasteiger partial charge in [0.25, 0.3) is 5.91 Å². The predicted molar refractivity (Wildman–Crippen MR) is 105 cm³/mol. The number of benzene rings is 2. The van der Waals surface area contributed by atoms with Crippen molar-refractivity contribution in [1.29, 1.82) is 0 Å². The number of carbonyl (C=O) groups excluding carboxylic acids is 1. The molecule has 3 rings (SSSR count). The van der Waals surface area contributed by atoms with Crippen molar-refractivity contribution < 1.29 is 27.9 Å². The zero-order valence-electron chi connectivity index (χ0n) is 16.0. The summed E-state index contributed by atoms with van der Waals surface area (Å²) < 4.78 is 38.9. The SMILES string of the molecule is COc1ccc(S(=O)(=O)N(Cc2ccccc2)C(C(=O)NO)C2CCCO2)cc1. The normalized spacial score (nSPS) is 17.8. The van der Waals surface area contributed by atoms with Crippen LogP contribution in [-0.4, -0.2) is 49.7 Å². The molecule has 2 atom stereocenters. The third-order valence-electron chi connectivity index (χ3n) is 4.85. The Morgan fingerprint density at radius 3 is 2.48 bits per heavy atom. The molecule has 156 valence electrons. The van der Waals surface area contributed by atoms with Gasteiger partial charge in [0.2, 0.25) is 10.0 Å². The average molecular weight is 420 g/mol. The molecule has 0 aliphatic carbocycles. The minimum Gasteiger partial charge on any atom is -0.497 e. The standard InChI is InChI=1S/C20H24N2O6S/c1-27-16-9-11-17(12-10-16)29(25,26)22(14-15-6-3-2-4-7-15)19(20(23)21-24)18-8-5-13-28-18/h2-4,6-7,9-12,18-19,24H,5,8,13-14H2,1H3,(H,21,23). The van der Waals surface area contributed by atoms with Crippen molar-refractivity contribution in [3.8, 4) is 5.75 Å². The van der Waals surface area contributed by atoms with Crippen molar-refractivity contribution in [2.75, 3.05) is 13.7 Å². The summed E-state index contributed by atoms with van der Waals surface area (Å²) >= 11 is 0. The zero-order valence-corrected chi connectivity index (χ0v) is 16.8. The fourth-order valence-corrected chi connectivity index (χ4v) is 4.98. The van der Waals surface area contributed by atoms with Crippen LogP contribution >= 0.6 is 0 Å². The summed E-state index contributed by atoms with van der Waals surface area (Å²) in [4.78, 5) is 12.6. The number of hydrogen-bond acceptors (Lipinski definition) is 6. The number of nitrogens with one attached hydrogen (secondary N) is 1. The number of methoxy groups -OCH3 is 1. The molecule has 0 spiro atoms. The van der Waals surface area contributed by atoms with Crippen molar-refractivity contribution in [3.05, 3.63) is 60.2 Å². The maximum Gasteiger partial charge on any atom is 0.264 e. The van der Waals surface area contributed by atoms with Gasteiger partial charge in [-0.15, -0.1) is 0 Å². The third kappa shape index (κ3) is 4.76. The van der Waals surface area contributed by atoms with Crippen LogP contribution in [0.25, 0.3) is 0 Å². The minimum atomic E-state index is -4.09. The summed E-state index contributed by atoms with van der Waals surface area (Å²) in [6.07, 6.45) is 0.572. The fraction of sp³-hybridized carbons (Fsp3) is 0.350. The highest BCUT2D eigenvalue weighted by Gasteiger charge is 2.42. The van der Waals surface area contributed by atoms with Crippen LogP contribution in [0.5, 0.6) is 5.75 Å². The molecule has 1 aliphatic heterocycles. The Morgan fingerprint density at radius 1 is 1.24 bits per heavy atom. The molecule has 1 aliphatic rings. The van der Waals surface area contributed by atoms with Crippen LogP contribution in [0.3, 0.4) is 0 Å². The number of sulfonamides is 1. The lowest BCUT2D eigenvalue weighted by Crippen LogP contribution is -2.54. The number of nitrogens with zero attached hydrogens (tertiary/aromatic N) is 1. The highest BCUT2D eigenvalue weighted by atomic mass is 32.2. The van der Waals surface area contributed by atoms with Crippen LogP contribution in [0.2, 0.25) is 0 Å². The fourth-order valence-electron chi connectivity index (χ4n) is 3.38. The first-order valence-corrected chi connectivity index (χ1v) is 10.7. The third-order valence-corrected chi connectivity index (χ3v) is 6.69. The van der Waals surface area contributed by atoms with Gasteiger partial charge >= 0.3 is 0 Å². The summed E-state index contributed by atoms with van der Waals surface area (Å²) in [7, 11) is -2.60. The topological polar surface area (TPSA) is 105 Å². The van der Waals surface area contributed by atoms with Gasteiger partial charge in [0, 0.05) is 13.2 Å². The quantitative estimate of drug-likeness (QED) is 0.500. The number of amides is 1. The lowest BCUT2D eigenvalue weighted by molar-refractivity contribution is -0.137. The largest absolute Gasteiger partial charge is 0.497 e. The van der Waals surface area contributed by atoms with Gasteiger partial charge in [0.15, 0.2) is 0 Å². The van der Waals surface area contributed by atoms with Crippen LogP contribution in [-0.2, 0) is 26.1 Å². The number of hydrogen-bond donors (Lipinski definition) is 2. The lowest BCUT2D eigenvalue weighted by atomic mass is 10.1. The Balaban J connectivity index is 2.05. The van der Waals surface area contributed by atoms with E-state index in [9.17, 15) is 18.4 Å². The van der Waals surface area contributed by atoms with E-state index in [4.69, 9.17) is 9.47 Å². The van der Waals surface area contributed by atoms with E-state index in [2.05, 4.69) is 0 Å². The van der Waals surface area contributed by atoms with Gasteiger partial charge < -0.3 is 9.47 Å². The zero-order chi connectivity index (χ0) is 20.9. The van der Waals surface area contributed by atoms with E-state index in [1.54, 1.807) is 41.9 Å². The average Bonchev–Trinajstić information content (AvgIpc) is 3.28. The molecule has 9 heteroatoms. The van der Waals surface area contributed by atoms with Gasteiger partial charge in [0.05, 0.1) is 18.1 Å². The van der Waals surface area contributed by atoms with Crippen LogP contribution in [0.1, 0.15) is 18.4 Å². The Kier molecular flexibility index (Phi) is 6.86. The van der Waals surface area contributed by atoms with Crippen molar-refractivity contribution in [2.45, 2.75) is 36.4 Å². The first kappa shape index (κ1) is 21.3. The lowest BCUT2D eigenvalue weighted by Gasteiger charge is -2.32. The molecule has 1 saturated heterocycles. The van der Waals surface area contributed by atoms with Gasteiger partial charge in [-0.2, -0.15) is 4.31 Å². The Hall–Kier alpha value is -2.46. The monoisotopic (exact) mass is 420 g/mol. The molecular weight excluding hydrogens is 396 g/mol. The molecule has 0 radical (unpaired) electrons. The smallest absolute Gasteiger partial charge is 0.264 e. The van der Waals surface area contributed by atoms with Gasteiger partial charge in [-0.25, -0.2) is 13.9 Å². The van der Waals surface area contributed by atoms with E-state index in [1.165, 1.54) is 19.2 Å². The highest BCUT2D eigenvalue weighted by Crippen LogP contribution is 2.28. The van der Waals surface area contributed by atoms with E-state index < -0.39 is 28.1 Å². The number of hydroxylamine groups is 1. The van der Waals surface area contributed by atoms with E-state index >= 15 is 0 Å².